The average molecular weight is 225 g/mol. The maximum absolute atomic E-state index is 12.0. The number of fused-ring (bicyclic) bond motifs is 1. The summed E-state index contributed by atoms with van der Waals surface area (Å²) in [6, 6.07) is 14.4. The molecule has 1 amide bonds. The first-order valence-electron chi connectivity index (χ1n) is 6.02. The molecule has 0 bridgehead atoms. The Morgan fingerprint density at radius 2 is 1.82 bits per heavy atom. The van der Waals surface area contributed by atoms with Gasteiger partial charge in [0, 0.05) is 18.7 Å². The predicted molar refractivity (Wildman–Crippen MR) is 70.1 cm³/mol. The van der Waals surface area contributed by atoms with E-state index in [9.17, 15) is 4.79 Å². The summed E-state index contributed by atoms with van der Waals surface area (Å²) in [6.07, 6.45) is 2.10. The quantitative estimate of drug-likeness (QED) is 0.768. The smallest absolute Gasteiger partial charge is 0.229 e. The Balaban J connectivity index is 1.96. The summed E-state index contributed by atoms with van der Waals surface area (Å²) in [7, 11) is 1.87. The van der Waals surface area contributed by atoms with Gasteiger partial charge in [-0.05, 0) is 35.7 Å². The molecule has 1 fully saturated rings. The van der Waals surface area contributed by atoms with Crippen LogP contribution in [0.2, 0.25) is 0 Å². The summed E-state index contributed by atoms with van der Waals surface area (Å²) in [6.45, 7) is 0. The van der Waals surface area contributed by atoms with Gasteiger partial charge in [0.2, 0.25) is 5.91 Å². The van der Waals surface area contributed by atoms with Gasteiger partial charge in [-0.1, -0.05) is 30.3 Å². The SMILES string of the molecule is CN(C(=O)C1CC1)c1ccc2ccccc2c1. The third-order valence-corrected chi connectivity index (χ3v) is 3.38. The second-order valence-electron chi connectivity index (χ2n) is 4.70. The van der Waals surface area contributed by atoms with Crippen LogP contribution in [-0.2, 0) is 4.79 Å². The van der Waals surface area contributed by atoms with E-state index >= 15 is 0 Å². The molecule has 0 spiro atoms. The van der Waals surface area contributed by atoms with Crippen molar-refractivity contribution in [3.05, 3.63) is 42.5 Å². The Kier molecular flexibility index (Phi) is 2.36. The van der Waals surface area contributed by atoms with Crippen LogP contribution in [-0.4, -0.2) is 13.0 Å². The fourth-order valence-corrected chi connectivity index (χ4v) is 2.12. The summed E-state index contributed by atoms with van der Waals surface area (Å²) in [5, 5.41) is 2.39. The number of nitrogens with zero attached hydrogens (tertiary/aromatic N) is 1. The van der Waals surface area contributed by atoms with E-state index in [4.69, 9.17) is 0 Å². The molecule has 0 saturated heterocycles. The van der Waals surface area contributed by atoms with Crippen molar-refractivity contribution in [2.75, 3.05) is 11.9 Å². The molecule has 17 heavy (non-hydrogen) atoms. The lowest BCUT2D eigenvalue weighted by molar-refractivity contribution is -0.119. The molecule has 2 heteroatoms. The standard InChI is InChI=1S/C15H15NO/c1-16(15(17)12-6-7-12)14-9-8-11-4-2-3-5-13(11)10-14/h2-5,8-10,12H,6-7H2,1H3. The van der Waals surface area contributed by atoms with E-state index < -0.39 is 0 Å². The van der Waals surface area contributed by atoms with Crippen molar-refractivity contribution in [1.82, 2.24) is 0 Å². The van der Waals surface area contributed by atoms with E-state index in [0.717, 1.165) is 18.5 Å². The van der Waals surface area contributed by atoms with Crippen LogP contribution in [0.15, 0.2) is 42.5 Å². The van der Waals surface area contributed by atoms with E-state index in [-0.39, 0.29) is 11.8 Å². The van der Waals surface area contributed by atoms with Crippen LogP contribution in [0.1, 0.15) is 12.8 Å². The number of rotatable bonds is 2. The number of amides is 1. The van der Waals surface area contributed by atoms with Gasteiger partial charge in [-0.15, -0.1) is 0 Å². The number of hydrogen-bond acceptors (Lipinski definition) is 1. The molecule has 0 aliphatic heterocycles. The maximum atomic E-state index is 12.0. The van der Waals surface area contributed by atoms with Crippen LogP contribution in [0, 0.1) is 5.92 Å². The minimum Gasteiger partial charge on any atom is -0.315 e. The van der Waals surface area contributed by atoms with Gasteiger partial charge in [-0.25, -0.2) is 0 Å². The molecule has 0 radical (unpaired) electrons. The van der Waals surface area contributed by atoms with E-state index in [0.29, 0.717) is 0 Å². The van der Waals surface area contributed by atoms with Crippen LogP contribution in [0.4, 0.5) is 5.69 Å². The predicted octanol–water partition coefficient (Wildman–Crippen LogP) is 3.21. The fourth-order valence-electron chi connectivity index (χ4n) is 2.12. The minimum atomic E-state index is 0.250. The molecule has 2 aromatic rings. The van der Waals surface area contributed by atoms with Crippen LogP contribution in [0.25, 0.3) is 10.8 Å². The molecule has 0 N–H and O–H groups in total. The van der Waals surface area contributed by atoms with E-state index in [2.05, 4.69) is 24.3 Å². The van der Waals surface area contributed by atoms with E-state index in [1.165, 1.54) is 10.8 Å². The number of carbonyl (C=O) groups is 1. The molecule has 2 aromatic carbocycles. The highest BCUT2D eigenvalue weighted by Crippen LogP contribution is 2.32. The highest BCUT2D eigenvalue weighted by Gasteiger charge is 2.32. The van der Waals surface area contributed by atoms with Gasteiger partial charge in [0.05, 0.1) is 0 Å². The summed E-state index contributed by atoms with van der Waals surface area (Å²) in [4.78, 5) is 13.7. The van der Waals surface area contributed by atoms with Gasteiger partial charge in [-0.3, -0.25) is 4.79 Å². The zero-order valence-corrected chi connectivity index (χ0v) is 9.89. The van der Waals surface area contributed by atoms with Gasteiger partial charge >= 0.3 is 0 Å². The molecular formula is C15H15NO. The lowest BCUT2D eigenvalue weighted by Crippen LogP contribution is -2.27. The summed E-state index contributed by atoms with van der Waals surface area (Å²) < 4.78 is 0. The van der Waals surface area contributed by atoms with Crippen molar-refractivity contribution in [2.24, 2.45) is 5.92 Å². The molecule has 0 atom stereocenters. The molecule has 3 rings (SSSR count). The Bertz CT molecular complexity index is 572. The molecule has 1 aliphatic rings. The molecule has 2 nitrogen and oxygen atoms in total. The van der Waals surface area contributed by atoms with Gasteiger partial charge < -0.3 is 4.90 Å². The van der Waals surface area contributed by atoms with Crippen molar-refractivity contribution in [3.63, 3.8) is 0 Å². The monoisotopic (exact) mass is 225 g/mol. The van der Waals surface area contributed by atoms with Crippen LogP contribution in [0.3, 0.4) is 0 Å². The first-order valence-corrected chi connectivity index (χ1v) is 6.02. The topological polar surface area (TPSA) is 20.3 Å². The largest absolute Gasteiger partial charge is 0.315 e. The summed E-state index contributed by atoms with van der Waals surface area (Å²) >= 11 is 0. The highest BCUT2D eigenvalue weighted by atomic mass is 16.2. The number of benzene rings is 2. The fraction of sp³-hybridized carbons (Fsp3) is 0.267. The van der Waals surface area contributed by atoms with Gasteiger partial charge in [0.25, 0.3) is 0 Å². The lowest BCUT2D eigenvalue weighted by atomic mass is 10.1. The Morgan fingerprint density at radius 1 is 1.12 bits per heavy atom. The van der Waals surface area contributed by atoms with E-state index in [1.807, 2.05) is 25.2 Å². The zero-order valence-electron chi connectivity index (χ0n) is 9.89. The van der Waals surface area contributed by atoms with Crippen LogP contribution < -0.4 is 4.90 Å². The molecule has 0 heterocycles. The second-order valence-corrected chi connectivity index (χ2v) is 4.70. The van der Waals surface area contributed by atoms with Crippen LogP contribution >= 0.6 is 0 Å². The molecular weight excluding hydrogens is 210 g/mol. The Hall–Kier alpha value is -1.83. The van der Waals surface area contributed by atoms with Crippen LogP contribution in [0.5, 0.6) is 0 Å². The van der Waals surface area contributed by atoms with E-state index in [1.54, 1.807) is 4.90 Å². The van der Waals surface area contributed by atoms with Gasteiger partial charge in [0.1, 0.15) is 0 Å². The van der Waals surface area contributed by atoms with Crippen molar-refractivity contribution >= 4 is 22.4 Å². The molecule has 0 unspecified atom stereocenters. The Labute approximate surface area is 101 Å². The third-order valence-electron chi connectivity index (χ3n) is 3.38. The first-order chi connectivity index (χ1) is 8.25. The zero-order chi connectivity index (χ0) is 11.8. The third kappa shape index (κ3) is 1.91. The molecule has 1 aliphatic carbocycles. The summed E-state index contributed by atoms with van der Waals surface area (Å²) in [5.74, 6) is 0.520. The van der Waals surface area contributed by atoms with Crippen molar-refractivity contribution < 1.29 is 4.79 Å². The number of hydrogen-bond donors (Lipinski definition) is 0. The average Bonchev–Trinajstić information content (AvgIpc) is 3.21. The number of carbonyl (C=O) groups excluding carboxylic acids is 1. The van der Waals surface area contributed by atoms with Crippen molar-refractivity contribution in [3.8, 4) is 0 Å². The van der Waals surface area contributed by atoms with Gasteiger partial charge in [-0.2, -0.15) is 0 Å². The molecule has 86 valence electrons. The first kappa shape index (κ1) is 10.3. The van der Waals surface area contributed by atoms with Crippen molar-refractivity contribution in [1.29, 1.82) is 0 Å². The molecule has 1 saturated carbocycles. The highest BCUT2D eigenvalue weighted by molar-refractivity contribution is 5.98. The maximum Gasteiger partial charge on any atom is 0.229 e. The molecule has 0 aromatic heterocycles. The normalized spacial score (nSPS) is 14.9. The van der Waals surface area contributed by atoms with Crippen molar-refractivity contribution in [2.45, 2.75) is 12.8 Å². The Morgan fingerprint density at radius 3 is 2.53 bits per heavy atom. The lowest BCUT2D eigenvalue weighted by Gasteiger charge is -2.17. The minimum absolute atomic E-state index is 0.250. The second kappa shape index (κ2) is 3.88. The summed E-state index contributed by atoms with van der Waals surface area (Å²) in [5.41, 5.74) is 0.987. The van der Waals surface area contributed by atoms with Gasteiger partial charge in [0.15, 0.2) is 0 Å². The number of anilines is 1.